The smallest absolute Gasteiger partial charge is 0.227 e. The summed E-state index contributed by atoms with van der Waals surface area (Å²) in [7, 11) is 0. The standard InChI is InChI=1S/C27H36N6O3/c1-21(34)30-27(13-4-2-3-5-14-27)26-29-24(36-31-26)11-12-25(35)33-16-6-15-32(17-18-33)20-23-9-7-22(19-28)8-10-23/h7-10H,2-6,11-18,20H2,1H3,(H,30,34). The molecule has 192 valence electrons. The maximum Gasteiger partial charge on any atom is 0.227 e. The molecule has 2 heterocycles. The molecule has 0 atom stereocenters. The van der Waals surface area contributed by atoms with E-state index in [9.17, 15) is 9.59 Å². The molecule has 1 aliphatic carbocycles. The van der Waals surface area contributed by atoms with Gasteiger partial charge in [0.1, 0.15) is 5.54 Å². The van der Waals surface area contributed by atoms with E-state index in [0.29, 0.717) is 36.7 Å². The SMILES string of the molecule is CC(=O)NC1(c2noc(CCC(=O)N3CCCN(Cc4ccc(C#N)cc4)CC3)n2)CCCCCC1. The van der Waals surface area contributed by atoms with Crippen molar-refractivity contribution in [3.8, 4) is 6.07 Å². The summed E-state index contributed by atoms with van der Waals surface area (Å²) in [4.78, 5) is 33.8. The Morgan fingerprint density at radius 3 is 2.50 bits per heavy atom. The van der Waals surface area contributed by atoms with E-state index < -0.39 is 5.54 Å². The number of benzene rings is 1. The molecule has 1 saturated carbocycles. The second kappa shape index (κ2) is 12.1. The summed E-state index contributed by atoms with van der Waals surface area (Å²) in [6.45, 7) is 5.52. The van der Waals surface area contributed by atoms with Crippen LogP contribution in [0.1, 0.15) is 81.1 Å². The number of nitrogens with zero attached hydrogens (tertiary/aromatic N) is 5. The van der Waals surface area contributed by atoms with Crippen LogP contribution in [-0.4, -0.2) is 57.9 Å². The number of amides is 2. The van der Waals surface area contributed by atoms with Crippen LogP contribution < -0.4 is 5.32 Å². The predicted octanol–water partition coefficient (Wildman–Crippen LogP) is 3.29. The third kappa shape index (κ3) is 6.70. The van der Waals surface area contributed by atoms with Gasteiger partial charge in [0.15, 0.2) is 5.82 Å². The molecule has 1 aromatic heterocycles. The average Bonchev–Trinajstić information content (AvgIpc) is 3.07. The highest BCUT2D eigenvalue weighted by molar-refractivity contribution is 5.76. The van der Waals surface area contributed by atoms with Gasteiger partial charge in [-0.15, -0.1) is 0 Å². The largest absolute Gasteiger partial charge is 0.343 e. The lowest BCUT2D eigenvalue weighted by atomic mass is 9.89. The van der Waals surface area contributed by atoms with Crippen molar-refractivity contribution in [1.29, 1.82) is 5.26 Å². The summed E-state index contributed by atoms with van der Waals surface area (Å²) < 4.78 is 5.52. The van der Waals surface area contributed by atoms with Crippen LogP contribution in [0.15, 0.2) is 28.8 Å². The van der Waals surface area contributed by atoms with E-state index in [2.05, 4.69) is 26.4 Å². The first kappa shape index (κ1) is 25.8. The lowest BCUT2D eigenvalue weighted by molar-refractivity contribution is -0.131. The van der Waals surface area contributed by atoms with Crippen LogP contribution in [0.4, 0.5) is 0 Å². The number of rotatable bonds is 7. The molecule has 0 bridgehead atoms. The minimum atomic E-state index is -0.572. The number of aromatic nitrogens is 2. The van der Waals surface area contributed by atoms with Crippen LogP contribution in [0.3, 0.4) is 0 Å². The van der Waals surface area contributed by atoms with E-state index in [-0.39, 0.29) is 11.8 Å². The Morgan fingerprint density at radius 2 is 1.81 bits per heavy atom. The number of carbonyl (C=O) groups is 2. The quantitative estimate of drug-likeness (QED) is 0.590. The first-order valence-corrected chi connectivity index (χ1v) is 13.1. The first-order chi connectivity index (χ1) is 17.5. The van der Waals surface area contributed by atoms with Crippen LogP contribution in [0, 0.1) is 11.3 Å². The highest BCUT2D eigenvalue weighted by atomic mass is 16.5. The summed E-state index contributed by atoms with van der Waals surface area (Å²) in [6, 6.07) is 9.84. The van der Waals surface area contributed by atoms with Crippen LogP contribution in [0.5, 0.6) is 0 Å². The fourth-order valence-electron chi connectivity index (χ4n) is 5.32. The van der Waals surface area contributed by atoms with Gasteiger partial charge >= 0.3 is 0 Å². The van der Waals surface area contributed by atoms with Crippen molar-refractivity contribution < 1.29 is 14.1 Å². The lowest BCUT2D eigenvalue weighted by Crippen LogP contribution is -2.45. The Kier molecular flexibility index (Phi) is 8.70. The van der Waals surface area contributed by atoms with Gasteiger partial charge in [-0.3, -0.25) is 14.5 Å². The van der Waals surface area contributed by atoms with Gasteiger partial charge in [-0.1, -0.05) is 43.0 Å². The summed E-state index contributed by atoms with van der Waals surface area (Å²) in [6.07, 6.45) is 7.56. The number of hydrogen-bond donors (Lipinski definition) is 1. The highest BCUT2D eigenvalue weighted by Gasteiger charge is 2.38. The number of nitriles is 1. The van der Waals surface area contributed by atoms with E-state index in [1.54, 1.807) is 0 Å². The van der Waals surface area contributed by atoms with Gasteiger partial charge in [0.05, 0.1) is 11.6 Å². The van der Waals surface area contributed by atoms with Gasteiger partial charge in [0, 0.05) is 52.5 Å². The Balaban J connectivity index is 1.29. The Hall–Kier alpha value is -3.25. The van der Waals surface area contributed by atoms with Gasteiger partial charge in [-0.05, 0) is 37.0 Å². The molecule has 2 fully saturated rings. The molecule has 36 heavy (non-hydrogen) atoms. The second-order valence-corrected chi connectivity index (χ2v) is 10.0. The molecule has 4 rings (SSSR count). The van der Waals surface area contributed by atoms with E-state index in [4.69, 9.17) is 9.78 Å². The third-order valence-corrected chi connectivity index (χ3v) is 7.25. The molecule has 0 spiro atoms. The van der Waals surface area contributed by atoms with Crippen molar-refractivity contribution in [2.75, 3.05) is 26.2 Å². The number of hydrogen-bond acceptors (Lipinski definition) is 7. The van der Waals surface area contributed by atoms with Crippen molar-refractivity contribution in [2.24, 2.45) is 0 Å². The molecule has 2 aromatic rings. The van der Waals surface area contributed by atoms with Crippen molar-refractivity contribution in [3.05, 3.63) is 47.1 Å². The van der Waals surface area contributed by atoms with E-state index in [0.717, 1.165) is 71.1 Å². The molecule has 1 aromatic carbocycles. The first-order valence-electron chi connectivity index (χ1n) is 13.1. The minimum absolute atomic E-state index is 0.0900. The number of nitrogens with one attached hydrogen (secondary N) is 1. The zero-order chi connectivity index (χ0) is 25.4. The van der Waals surface area contributed by atoms with Gasteiger partial charge < -0.3 is 14.7 Å². The Labute approximate surface area is 212 Å². The van der Waals surface area contributed by atoms with E-state index >= 15 is 0 Å². The predicted molar refractivity (Wildman–Crippen MR) is 133 cm³/mol. The van der Waals surface area contributed by atoms with Crippen LogP contribution >= 0.6 is 0 Å². The van der Waals surface area contributed by atoms with Gasteiger partial charge in [0.2, 0.25) is 17.7 Å². The van der Waals surface area contributed by atoms with Crippen molar-refractivity contribution in [2.45, 2.75) is 76.8 Å². The molecule has 0 unspecified atom stereocenters. The molecule has 9 nitrogen and oxygen atoms in total. The van der Waals surface area contributed by atoms with Crippen molar-refractivity contribution in [3.63, 3.8) is 0 Å². The second-order valence-electron chi connectivity index (χ2n) is 10.0. The fraction of sp³-hybridized carbons (Fsp3) is 0.593. The summed E-state index contributed by atoms with van der Waals surface area (Å²) in [5, 5.41) is 16.3. The van der Waals surface area contributed by atoms with Crippen molar-refractivity contribution in [1.82, 2.24) is 25.3 Å². The molecule has 1 saturated heterocycles. The normalized spacial score (nSPS) is 18.6. The van der Waals surface area contributed by atoms with Crippen LogP contribution in [0.2, 0.25) is 0 Å². The monoisotopic (exact) mass is 492 g/mol. The molecule has 0 radical (unpaired) electrons. The maximum absolute atomic E-state index is 13.0. The molecule has 9 heteroatoms. The zero-order valence-electron chi connectivity index (χ0n) is 21.2. The van der Waals surface area contributed by atoms with Crippen molar-refractivity contribution >= 4 is 11.8 Å². The van der Waals surface area contributed by atoms with Crippen LogP contribution in [0.25, 0.3) is 0 Å². The van der Waals surface area contributed by atoms with E-state index in [1.807, 2.05) is 29.2 Å². The van der Waals surface area contributed by atoms with Crippen LogP contribution in [-0.2, 0) is 28.1 Å². The van der Waals surface area contributed by atoms with E-state index in [1.165, 1.54) is 12.5 Å². The lowest BCUT2D eigenvalue weighted by Gasteiger charge is -2.30. The Bertz CT molecular complexity index is 1070. The summed E-state index contributed by atoms with van der Waals surface area (Å²) in [5.41, 5.74) is 1.27. The maximum atomic E-state index is 13.0. The minimum Gasteiger partial charge on any atom is -0.343 e. The molecule has 1 N–H and O–H groups in total. The highest BCUT2D eigenvalue weighted by Crippen LogP contribution is 2.34. The Morgan fingerprint density at radius 1 is 1.06 bits per heavy atom. The summed E-state index contributed by atoms with van der Waals surface area (Å²) >= 11 is 0. The molecular formula is C27H36N6O3. The molecule has 2 amide bonds. The number of aryl methyl sites for hydroxylation is 1. The van der Waals surface area contributed by atoms with Gasteiger partial charge in [0.25, 0.3) is 0 Å². The van der Waals surface area contributed by atoms with Gasteiger partial charge in [-0.2, -0.15) is 10.2 Å². The molecule has 1 aliphatic heterocycles. The number of carbonyl (C=O) groups excluding carboxylic acids is 2. The molecular weight excluding hydrogens is 456 g/mol. The topological polar surface area (TPSA) is 115 Å². The summed E-state index contributed by atoms with van der Waals surface area (Å²) in [5.74, 6) is 0.994. The zero-order valence-corrected chi connectivity index (χ0v) is 21.2. The average molecular weight is 493 g/mol. The third-order valence-electron chi connectivity index (χ3n) is 7.25. The fourth-order valence-corrected chi connectivity index (χ4v) is 5.32. The van der Waals surface area contributed by atoms with Gasteiger partial charge in [-0.25, -0.2) is 0 Å². The molecule has 2 aliphatic rings.